The highest BCUT2D eigenvalue weighted by molar-refractivity contribution is 7.89. The van der Waals surface area contributed by atoms with Crippen molar-refractivity contribution in [2.45, 2.75) is 38.3 Å². The molecule has 2 atom stereocenters. The Morgan fingerprint density at radius 1 is 1.08 bits per heavy atom. The first-order valence-corrected chi connectivity index (χ1v) is 11.0. The lowest BCUT2D eigenvalue weighted by Gasteiger charge is -2.25. The average molecular weight is 371 g/mol. The van der Waals surface area contributed by atoms with Gasteiger partial charge < -0.3 is 5.32 Å². The molecule has 1 saturated carbocycles. The van der Waals surface area contributed by atoms with Crippen molar-refractivity contribution in [1.82, 2.24) is 10.0 Å². The molecule has 4 rings (SSSR count). The van der Waals surface area contributed by atoms with E-state index in [1.54, 1.807) is 6.92 Å². The first-order chi connectivity index (χ1) is 12.5. The van der Waals surface area contributed by atoms with Gasteiger partial charge in [0.2, 0.25) is 10.0 Å². The van der Waals surface area contributed by atoms with E-state index in [0.29, 0.717) is 0 Å². The monoisotopic (exact) mass is 370 g/mol. The molecule has 2 aromatic carbocycles. The fraction of sp³-hybridized carbons (Fsp3) is 0.429. The molecule has 0 amide bonds. The predicted octanol–water partition coefficient (Wildman–Crippen LogP) is 2.96. The van der Waals surface area contributed by atoms with Crippen molar-refractivity contribution in [2.24, 2.45) is 5.41 Å². The molecule has 2 aliphatic rings. The second kappa shape index (κ2) is 6.80. The minimum absolute atomic E-state index is 0.00664. The molecule has 0 radical (unpaired) electrons. The normalized spacial score (nSPS) is 24.0. The van der Waals surface area contributed by atoms with E-state index in [4.69, 9.17) is 0 Å². The molecule has 2 aromatic rings. The molecule has 0 aromatic heterocycles. The molecular formula is C21H26N2O2S. The Hall–Kier alpha value is -1.69. The molecule has 1 heterocycles. The molecule has 0 bridgehead atoms. The molecule has 1 aliphatic carbocycles. The second-order valence-electron chi connectivity index (χ2n) is 7.62. The van der Waals surface area contributed by atoms with Gasteiger partial charge in [0, 0.05) is 24.0 Å². The maximum Gasteiger partial charge on any atom is 0.211 e. The second-order valence-corrected chi connectivity index (χ2v) is 9.66. The molecule has 1 spiro atoms. The number of sulfonamides is 1. The molecule has 2 fully saturated rings. The molecule has 4 nitrogen and oxygen atoms in total. The van der Waals surface area contributed by atoms with Crippen LogP contribution in [0.4, 0.5) is 0 Å². The lowest BCUT2D eigenvalue weighted by atomic mass is 9.92. The third-order valence-electron chi connectivity index (χ3n) is 5.85. The van der Waals surface area contributed by atoms with Crippen LogP contribution in [0.3, 0.4) is 0 Å². The summed E-state index contributed by atoms with van der Waals surface area (Å²) in [6.07, 6.45) is 3.05. The van der Waals surface area contributed by atoms with Crippen LogP contribution >= 0.6 is 0 Å². The molecule has 2 unspecified atom stereocenters. The van der Waals surface area contributed by atoms with E-state index in [0.717, 1.165) is 25.8 Å². The number of hydrogen-bond donors (Lipinski definition) is 2. The van der Waals surface area contributed by atoms with E-state index in [1.807, 2.05) is 18.2 Å². The van der Waals surface area contributed by atoms with Crippen molar-refractivity contribution >= 4 is 10.0 Å². The van der Waals surface area contributed by atoms with Crippen LogP contribution in [0.2, 0.25) is 0 Å². The Bertz CT molecular complexity index is 876. The molecule has 138 valence electrons. The van der Waals surface area contributed by atoms with Crippen molar-refractivity contribution in [2.75, 3.05) is 12.3 Å². The molecule has 1 saturated heterocycles. The fourth-order valence-electron chi connectivity index (χ4n) is 4.07. The summed E-state index contributed by atoms with van der Waals surface area (Å²) in [7, 11) is -3.20. The van der Waals surface area contributed by atoms with Gasteiger partial charge in [-0.25, -0.2) is 13.1 Å². The van der Waals surface area contributed by atoms with Crippen LogP contribution in [-0.2, 0) is 16.4 Å². The van der Waals surface area contributed by atoms with Gasteiger partial charge >= 0.3 is 0 Å². The van der Waals surface area contributed by atoms with Crippen LogP contribution in [0, 0.1) is 5.41 Å². The summed E-state index contributed by atoms with van der Waals surface area (Å²) in [5, 5.41) is 3.59. The SMILES string of the molecule is CCS(=O)(=O)NC1C(Cc2cccc(-c3ccccc3)c2)NCC12CC2. The summed E-state index contributed by atoms with van der Waals surface area (Å²) >= 11 is 0. The maximum absolute atomic E-state index is 12.2. The highest BCUT2D eigenvalue weighted by atomic mass is 32.2. The summed E-state index contributed by atoms with van der Waals surface area (Å²) in [6, 6.07) is 19.1. The topological polar surface area (TPSA) is 58.2 Å². The zero-order valence-electron chi connectivity index (χ0n) is 15.1. The van der Waals surface area contributed by atoms with Crippen molar-refractivity contribution in [1.29, 1.82) is 0 Å². The first kappa shape index (κ1) is 17.7. The summed E-state index contributed by atoms with van der Waals surface area (Å²) in [5.41, 5.74) is 3.77. The molecule has 2 N–H and O–H groups in total. The van der Waals surface area contributed by atoms with Crippen molar-refractivity contribution < 1.29 is 8.42 Å². The third kappa shape index (κ3) is 3.56. The summed E-state index contributed by atoms with van der Waals surface area (Å²) in [5.74, 6) is 0.135. The zero-order valence-corrected chi connectivity index (χ0v) is 15.9. The predicted molar refractivity (Wildman–Crippen MR) is 105 cm³/mol. The van der Waals surface area contributed by atoms with E-state index < -0.39 is 10.0 Å². The van der Waals surface area contributed by atoms with Crippen molar-refractivity contribution in [3.63, 3.8) is 0 Å². The van der Waals surface area contributed by atoms with Gasteiger partial charge in [0.1, 0.15) is 0 Å². The van der Waals surface area contributed by atoms with Crippen LogP contribution < -0.4 is 10.0 Å². The average Bonchev–Trinajstić information content (AvgIpc) is 3.38. The van der Waals surface area contributed by atoms with Gasteiger partial charge in [-0.1, -0.05) is 54.6 Å². The number of benzene rings is 2. The minimum atomic E-state index is -3.20. The zero-order chi connectivity index (χ0) is 18.2. The van der Waals surface area contributed by atoms with Crippen molar-refractivity contribution in [3.8, 4) is 11.1 Å². The van der Waals surface area contributed by atoms with Gasteiger partial charge in [-0.2, -0.15) is 0 Å². The van der Waals surface area contributed by atoms with Gasteiger partial charge in [0.25, 0.3) is 0 Å². The molecule has 1 aliphatic heterocycles. The minimum Gasteiger partial charge on any atom is -0.311 e. The van der Waals surface area contributed by atoms with Gasteiger partial charge in [0.05, 0.1) is 5.75 Å². The first-order valence-electron chi connectivity index (χ1n) is 9.39. The van der Waals surface area contributed by atoms with Crippen molar-refractivity contribution in [3.05, 3.63) is 60.2 Å². The van der Waals surface area contributed by atoms with Crippen LogP contribution in [0.1, 0.15) is 25.3 Å². The smallest absolute Gasteiger partial charge is 0.211 e. The van der Waals surface area contributed by atoms with Gasteiger partial charge in [-0.3, -0.25) is 0 Å². The quantitative estimate of drug-likeness (QED) is 0.822. The standard InChI is InChI=1S/C21H26N2O2S/c1-2-26(24,25)23-20-19(22-15-21(20)11-12-21)14-16-7-6-10-18(13-16)17-8-4-3-5-9-17/h3-10,13,19-20,22-23H,2,11-12,14-15H2,1H3. The Labute approximate surface area is 156 Å². The van der Waals surface area contributed by atoms with E-state index >= 15 is 0 Å². The van der Waals surface area contributed by atoms with Crippen LogP contribution in [0.5, 0.6) is 0 Å². The fourth-order valence-corrected chi connectivity index (χ4v) is 5.04. The highest BCUT2D eigenvalue weighted by Gasteiger charge is 2.56. The number of hydrogen-bond acceptors (Lipinski definition) is 3. The Morgan fingerprint density at radius 2 is 1.81 bits per heavy atom. The largest absolute Gasteiger partial charge is 0.311 e. The van der Waals surface area contributed by atoms with Gasteiger partial charge in [-0.05, 0) is 42.9 Å². The molecule has 26 heavy (non-hydrogen) atoms. The summed E-state index contributed by atoms with van der Waals surface area (Å²) in [4.78, 5) is 0. The number of nitrogens with one attached hydrogen (secondary N) is 2. The van der Waals surface area contributed by atoms with Gasteiger partial charge in [-0.15, -0.1) is 0 Å². The van der Waals surface area contributed by atoms with E-state index in [1.165, 1.54) is 16.7 Å². The van der Waals surface area contributed by atoms with E-state index in [9.17, 15) is 8.42 Å². The van der Waals surface area contributed by atoms with E-state index in [2.05, 4.69) is 46.4 Å². The van der Waals surface area contributed by atoms with Crippen LogP contribution in [0.25, 0.3) is 11.1 Å². The third-order valence-corrected chi connectivity index (χ3v) is 7.22. The van der Waals surface area contributed by atoms with Crippen LogP contribution in [0.15, 0.2) is 54.6 Å². The summed E-state index contributed by atoms with van der Waals surface area (Å²) < 4.78 is 27.3. The van der Waals surface area contributed by atoms with Gasteiger partial charge in [0.15, 0.2) is 0 Å². The molecule has 5 heteroatoms. The van der Waals surface area contributed by atoms with Crippen LogP contribution in [-0.4, -0.2) is 32.8 Å². The highest BCUT2D eigenvalue weighted by Crippen LogP contribution is 2.52. The Morgan fingerprint density at radius 3 is 2.50 bits per heavy atom. The Kier molecular flexibility index (Phi) is 4.63. The number of rotatable bonds is 6. The summed E-state index contributed by atoms with van der Waals surface area (Å²) in [6.45, 7) is 2.61. The van der Waals surface area contributed by atoms with E-state index in [-0.39, 0.29) is 23.3 Å². The molecular weight excluding hydrogens is 344 g/mol. The maximum atomic E-state index is 12.2. The lowest BCUT2D eigenvalue weighted by molar-refractivity contribution is 0.409. The lowest BCUT2D eigenvalue weighted by Crippen LogP contribution is -2.48. The Balaban J connectivity index is 1.55.